The molecule has 4 fully saturated rings. The van der Waals surface area contributed by atoms with Crippen LogP contribution in [0.3, 0.4) is 0 Å². The predicted octanol–water partition coefficient (Wildman–Crippen LogP) is 2.40. The number of aromatic nitrogens is 2. The van der Waals surface area contributed by atoms with Gasteiger partial charge in [-0.1, -0.05) is 12.1 Å². The van der Waals surface area contributed by atoms with Gasteiger partial charge in [-0.05, 0) is 43.5 Å². The molecule has 0 spiro atoms. The van der Waals surface area contributed by atoms with Crippen LogP contribution in [0.2, 0.25) is 0 Å². The lowest BCUT2D eigenvalue weighted by molar-refractivity contribution is -0.00405. The maximum Gasteiger partial charge on any atom is 0.290 e. The Morgan fingerprint density at radius 3 is 2.67 bits per heavy atom. The molecule has 0 aliphatic carbocycles. The Morgan fingerprint density at radius 1 is 1.19 bits per heavy atom. The molecule has 0 N–H and O–H groups in total. The number of rotatable bonds is 2. The van der Waals surface area contributed by atoms with Crippen LogP contribution >= 0.6 is 0 Å². The quantitative estimate of drug-likeness (QED) is 0.813. The van der Waals surface area contributed by atoms with Crippen LogP contribution in [0.1, 0.15) is 34.9 Å². The molecule has 4 aliphatic heterocycles. The third-order valence-electron chi connectivity index (χ3n) is 6.65. The van der Waals surface area contributed by atoms with E-state index in [1.54, 1.807) is 36.1 Å². The van der Waals surface area contributed by atoms with Crippen molar-refractivity contribution in [1.29, 1.82) is 0 Å². The van der Waals surface area contributed by atoms with Crippen molar-refractivity contribution in [3.8, 4) is 0 Å². The van der Waals surface area contributed by atoms with Crippen molar-refractivity contribution in [2.75, 3.05) is 19.6 Å². The molecule has 2 bridgehead atoms. The molecular weight excluding hydrogens is 350 g/mol. The number of aryl methyl sites for hydroxylation is 1. The number of likely N-dealkylation sites (tertiary alicyclic amines) is 1. The molecule has 2 aromatic rings. The fourth-order valence-corrected chi connectivity index (χ4v) is 5.43. The highest BCUT2D eigenvalue weighted by atomic mass is 19.2. The van der Waals surface area contributed by atoms with Gasteiger partial charge in [0.2, 0.25) is 0 Å². The molecule has 0 saturated carbocycles. The molecule has 27 heavy (non-hydrogen) atoms. The van der Waals surface area contributed by atoms with E-state index in [1.807, 2.05) is 4.90 Å². The summed E-state index contributed by atoms with van der Waals surface area (Å²) in [5.41, 5.74) is 0.382. The monoisotopic (exact) mass is 372 g/mol. The molecule has 1 aromatic heterocycles. The number of carbonyl (C=O) groups excluding carboxylic acids is 1. The molecule has 0 radical (unpaired) electrons. The van der Waals surface area contributed by atoms with Gasteiger partial charge >= 0.3 is 0 Å². The minimum absolute atomic E-state index is 0.0318. The number of hydrogen-bond donors (Lipinski definition) is 0. The first-order valence-corrected chi connectivity index (χ1v) is 9.52. The second-order valence-corrected chi connectivity index (χ2v) is 7.92. The second-order valence-electron chi connectivity index (χ2n) is 7.92. The summed E-state index contributed by atoms with van der Waals surface area (Å²) < 4.78 is 30.2. The third-order valence-corrected chi connectivity index (χ3v) is 6.65. The van der Waals surface area contributed by atoms with Gasteiger partial charge in [0.25, 0.3) is 5.91 Å². The molecule has 6 rings (SSSR count). The lowest BCUT2D eigenvalue weighted by Gasteiger charge is -2.51. The van der Waals surface area contributed by atoms with E-state index < -0.39 is 11.6 Å². The van der Waals surface area contributed by atoms with Crippen LogP contribution < -0.4 is 0 Å². The molecule has 5 nitrogen and oxygen atoms in total. The number of imidazole rings is 1. The summed E-state index contributed by atoms with van der Waals surface area (Å²) in [5, 5.41) is 0. The number of amides is 1. The smallest absolute Gasteiger partial charge is 0.290 e. The number of benzene rings is 1. The lowest BCUT2D eigenvalue weighted by atomic mass is 9.75. The van der Waals surface area contributed by atoms with Crippen LogP contribution in [-0.2, 0) is 7.05 Å². The van der Waals surface area contributed by atoms with Crippen molar-refractivity contribution in [2.45, 2.75) is 30.8 Å². The molecule has 0 unspecified atom stereocenters. The zero-order valence-corrected chi connectivity index (χ0v) is 15.2. The summed E-state index contributed by atoms with van der Waals surface area (Å²) in [6, 6.07) is 4.44. The highest BCUT2D eigenvalue weighted by molar-refractivity contribution is 5.91. The first kappa shape index (κ1) is 16.9. The zero-order chi connectivity index (χ0) is 18.7. The number of halogens is 2. The number of carbonyl (C=O) groups is 1. The SMILES string of the molecule is Cn1ccnc1C(=O)N1C[C@@H](c2cccc(F)c2F)[C@@H]2[C@H]1C1CCN2CC1. The maximum atomic E-state index is 14.6. The molecule has 3 atom stereocenters. The van der Waals surface area contributed by atoms with Gasteiger partial charge in [0.1, 0.15) is 0 Å². The van der Waals surface area contributed by atoms with Crippen molar-refractivity contribution in [2.24, 2.45) is 13.0 Å². The number of piperidine rings is 3. The van der Waals surface area contributed by atoms with Gasteiger partial charge in [-0.15, -0.1) is 0 Å². The van der Waals surface area contributed by atoms with E-state index in [0.717, 1.165) is 32.0 Å². The van der Waals surface area contributed by atoms with E-state index in [4.69, 9.17) is 0 Å². The molecule has 142 valence electrons. The summed E-state index contributed by atoms with van der Waals surface area (Å²) in [6.45, 7) is 2.32. The molecular formula is C20H22F2N4O. The first-order chi connectivity index (χ1) is 13.1. The largest absolute Gasteiger partial charge is 0.330 e. The molecule has 4 aliphatic rings. The minimum atomic E-state index is -0.825. The van der Waals surface area contributed by atoms with Crippen molar-refractivity contribution in [3.05, 3.63) is 53.6 Å². The molecule has 5 heterocycles. The highest BCUT2D eigenvalue weighted by Crippen LogP contribution is 2.47. The Balaban J connectivity index is 1.57. The summed E-state index contributed by atoms with van der Waals surface area (Å²) in [4.78, 5) is 21.7. The van der Waals surface area contributed by atoms with Gasteiger partial charge in [0, 0.05) is 37.9 Å². The fourth-order valence-electron chi connectivity index (χ4n) is 5.43. The summed E-state index contributed by atoms with van der Waals surface area (Å²) in [7, 11) is 1.80. The first-order valence-electron chi connectivity index (χ1n) is 9.52. The van der Waals surface area contributed by atoms with Gasteiger partial charge in [0.15, 0.2) is 17.5 Å². The summed E-state index contributed by atoms with van der Waals surface area (Å²) in [6.07, 6.45) is 5.45. The Bertz CT molecular complexity index is 890. The Labute approximate surface area is 156 Å². The van der Waals surface area contributed by atoms with Crippen LogP contribution in [0, 0.1) is 17.6 Å². The van der Waals surface area contributed by atoms with Gasteiger partial charge in [-0.2, -0.15) is 0 Å². The van der Waals surface area contributed by atoms with Crippen LogP contribution in [0.4, 0.5) is 8.78 Å². The van der Waals surface area contributed by atoms with E-state index in [2.05, 4.69) is 9.88 Å². The molecule has 1 aromatic carbocycles. The molecule has 1 amide bonds. The normalized spacial score (nSPS) is 32.0. The van der Waals surface area contributed by atoms with E-state index in [-0.39, 0.29) is 23.9 Å². The molecule has 4 saturated heterocycles. The Kier molecular flexibility index (Phi) is 3.82. The Morgan fingerprint density at radius 2 is 1.96 bits per heavy atom. The van der Waals surface area contributed by atoms with Crippen molar-refractivity contribution in [1.82, 2.24) is 19.4 Å². The van der Waals surface area contributed by atoms with Crippen LogP contribution in [0.25, 0.3) is 0 Å². The van der Waals surface area contributed by atoms with E-state index in [0.29, 0.717) is 23.9 Å². The fraction of sp³-hybridized carbons (Fsp3) is 0.500. The summed E-state index contributed by atoms with van der Waals surface area (Å²) >= 11 is 0. The maximum absolute atomic E-state index is 14.6. The predicted molar refractivity (Wildman–Crippen MR) is 95.2 cm³/mol. The van der Waals surface area contributed by atoms with E-state index in [9.17, 15) is 13.6 Å². The van der Waals surface area contributed by atoms with E-state index in [1.165, 1.54) is 0 Å². The van der Waals surface area contributed by atoms with Crippen LogP contribution in [-0.4, -0.2) is 57.0 Å². The van der Waals surface area contributed by atoms with Gasteiger partial charge in [-0.3, -0.25) is 9.69 Å². The van der Waals surface area contributed by atoms with Crippen molar-refractivity contribution in [3.63, 3.8) is 0 Å². The molecule has 7 heteroatoms. The highest BCUT2D eigenvalue weighted by Gasteiger charge is 2.55. The number of hydrogen-bond acceptors (Lipinski definition) is 3. The van der Waals surface area contributed by atoms with Crippen LogP contribution in [0.5, 0.6) is 0 Å². The van der Waals surface area contributed by atoms with Gasteiger partial charge in [-0.25, -0.2) is 13.8 Å². The van der Waals surface area contributed by atoms with Crippen molar-refractivity contribution < 1.29 is 13.6 Å². The number of fused-ring (bicyclic) bond motifs is 2. The second kappa shape index (κ2) is 6.12. The average molecular weight is 372 g/mol. The van der Waals surface area contributed by atoms with E-state index >= 15 is 0 Å². The summed E-state index contributed by atoms with van der Waals surface area (Å²) in [5.74, 6) is -1.15. The Hall–Kier alpha value is -2.28. The lowest BCUT2D eigenvalue weighted by Crippen LogP contribution is -2.60. The topological polar surface area (TPSA) is 41.4 Å². The average Bonchev–Trinajstić information content (AvgIpc) is 3.30. The van der Waals surface area contributed by atoms with Crippen LogP contribution in [0.15, 0.2) is 30.6 Å². The van der Waals surface area contributed by atoms with Gasteiger partial charge < -0.3 is 9.47 Å². The number of nitrogens with zero attached hydrogens (tertiary/aromatic N) is 4. The van der Waals surface area contributed by atoms with Gasteiger partial charge in [0.05, 0.1) is 6.04 Å². The standard InChI is InChI=1S/C20H22F2N4O/c1-24-10-7-23-19(24)20(27)26-11-14(13-3-2-4-15(21)16(13)22)18-17(26)12-5-8-25(18)9-6-12/h2-4,7,10,12,14,17-18H,5-6,8-9,11H2,1H3/t14-,17+,18+/m0/s1. The third kappa shape index (κ3) is 2.44. The minimum Gasteiger partial charge on any atom is -0.330 e. The van der Waals surface area contributed by atoms with Crippen molar-refractivity contribution >= 4 is 5.91 Å². The zero-order valence-electron chi connectivity index (χ0n) is 15.2.